The van der Waals surface area contributed by atoms with E-state index in [0.717, 1.165) is 18.2 Å². The summed E-state index contributed by atoms with van der Waals surface area (Å²) in [5.74, 6) is 0.544. The molecule has 0 N–H and O–H groups in total. The van der Waals surface area contributed by atoms with Crippen molar-refractivity contribution in [3.05, 3.63) is 16.1 Å². The van der Waals surface area contributed by atoms with Crippen LogP contribution in [0.4, 0.5) is 0 Å². The molecule has 0 spiro atoms. The van der Waals surface area contributed by atoms with Gasteiger partial charge in [0.25, 0.3) is 0 Å². The molecule has 5 heteroatoms. The van der Waals surface area contributed by atoms with E-state index in [2.05, 4.69) is 20.2 Å². The van der Waals surface area contributed by atoms with Gasteiger partial charge in [-0.15, -0.1) is 22.9 Å². The van der Waals surface area contributed by atoms with Crippen molar-refractivity contribution in [3.8, 4) is 0 Å². The monoisotopic (exact) mass is 313 g/mol. The smallest absolute Gasteiger partial charge is 0.0928 e. The highest BCUT2D eigenvalue weighted by Crippen LogP contribution is 2.21. The molecule has 112 valence electrons. The Balaban J connectivity index is 1.33. The van der Waals surface area contributed by atoms with Gasteiger partial charge in [0.15, 0.2) is 0 Å². The molecule has 0 bridgehead atoms. The topological polar surface area (TPSA) is 19.4 Å². The normalized spacial score (nSPS) is 24.1. The van der Waals surface area contributed by atoms with Crippen LogP contribution in [0, 0.1) is 0 Å². The molecule has 2 aliphatic rings. The number of piperazine rings is 1. The summed E-state index contributed by atoms with van der Waals surface area (Å²) in [5.41, 5.74) is 1.03. The number of hydrogen-bond acceptors (Lipinski definition) is 4. The second kappa shape index (κ2) is 7.21. The number of hydrogen-bond donors (Lipinski definition) is 0. The average molecular weight is 314 g/mol. The largest absolute Gasteiger partial charge is 0.301 e. The molecule has 1 aromatic rings. The van der Waals surface area contributed by atoms with Gasteiger partial charge in [-0.3, -0.25) is 4.90 Å². The lowest BCUT2D eigenvalue weighted by Gasteiger charge is -2.37. The van der Waals surface area contributed by atoms with Crippen molar-refractivity contribution in [2.75, 3.05) is 32.7 Å². The van der Waals surface area contributed by atoms with Crippen LogP contribution in [0.3, 0.4) is 0 Å². The van der Waals surface area contributed by atoms with Crippen molar-refractivity contribution in [2.24, 2.45) is 0 Å². The third-order valence-electron chi connectivity index (χ3n) is 4.52. The maximum atomic E-state index is 5.78. The highest BCUT2D eigenvalue weighted by atomic mass is 35.5. The summed E-state index contributed by atoms with van der Waals surface area (Å²) in [6, 6.07) is 0.856. The van der Waals surface area contributed by atoms with Crippen LogP contribution in [0.1, 0.15) is 36.4 Å². The second-order valence-corrected chi connectivity index (χ2v) is 7.17. The van der Waals surface area contributed by atoms with Crippen molar-refractivity contribution >= 4 is 22.9 Å². The zero-order chi connectivity index (χ0) is 13.8. The summed E-state index contributed by atoms with van der Waals surface area (Å²) in [6.45, 7) is 6.46. The first-order valence-electron chi connectivity index (χ1n) is 7.81. The van der Waals surface area contributed by atoms with Crippen molar-refractivity contribution in [3.63, 3.8) is 0 Å². The number of unbranched alkanes of at least 4 members (excludes halogenated alkanes) is 1. The van der Waals surface area contributed by atoms with E-state index in [-0.39, 0.29) is 0 Å². The van der Waals surface area contributed by atoms with Crippen LogP contribution < -0.4 is 0 Å². The van der Waals surface area contributed by atoms with E-state index in [1.54, 1.807) is 11.3 Å². The van der Waals surface area contributed by atoms with Gasteiger partial charge < -0.3 is 4.90 Å². The molecule has 3 rings (SSSR count). The molecule has 2 saturated heterocycles. The fourth-order valence-corrected chi connectivity index (χ4v) is 4.46. The van der Waals surface area contributed by atoms with Crippen LogP contribution in [-0.2, 0) is 12.3 Å². The van der Waals surface area contributed by atoms with E-state index >= 15 is 0 Å². The van der Waals surface area contributed by atoms with Gasteiger partial charge in [-0.25, -0.2) is 4.98 Å². The van der Waals surface area contributed by atoms with E-state index in [1.165, 1.54) is 63.4 Å². The Kier molecular flexibility index (Phi) is 5.32. The van der Waals surface area contributed by atoms with E-state index in [0.29, 0.717) is 5.88 Å². The minimum atomic E-state index is 0.544. The van der Waals surface area contributed by atoms with Crippen molar-refractivity contribution in [2.45, 2.75) is 44.0 Å². The van der Waals surface area contributed by atoms with Crippen LogP contribution in [0.5, 0.6) is 0 Å². The van der Waals surface area contributed by atoms with Gasteiger partial charge in [0, 0.05) is 31.1 Å². The Morgan fingerprint density at radius 2 is 2.25 bits per heavy atom. The predicted molar refractivity (Wildman–Crippen MR) is 85.6 cm³/mol. The summed E-state index contributed by atoms with van der Waals surface area (Å²) in [7, 11) is 0. The summed E-state index contributed by atoms with van der Waals surface area (Å²) in [5, 5.41) is 3.34. The highest BCUT2D eigenvalue weighted by molar-refractivity contribution is 7.09. The molecular weight excluding hydrogens is 290 g/mol. The minimum absolute atomic E-state index is 0.544. The maximum Gasteiger partial charge on any atom is 0.0928 e. The molecule has 0 radical (unpaired) electrons. The van der Waals surface area contributed by atoms with Gasteiger partial charge in [-0.2, -0.15) is 0 Å². The quantitative estimate of drug-likeness (QED) is 0.594. The van der Waals surface area contributed by atoms with Gasteiger partial charge in [0.1, 0.15) is 0 Å². The van der Waals surface area contributed by atoms with Crippen LogP contribution in [0.2, 0.25) is 0 Å². The van der Waals surface area contributed by atoms with Crippen molar-refractivity contribution in [1.82, 2.24) is 14.8 Å². The second-order valence-electron chi connectivity index (χ2n) is 5.96. The number of fused-ring (bicyclic) bond motifs is 1. The minimum Gasteiger partial charge on any atom is -0.301 e. The number of halogens is 1. The van der Waals surface area contributed by atoms with Crippen LogP contribution in [0.25, 0.3) is 0 Å². The van der Waals surface area contributed by atoms with Crippen LogP contribution in [0.15, 0.2) is 5.38 Å². The molecule has 3 heterocycles. The Morgan fingerprint density at radius 1 is 1.30 bits per heavy atom. The first-order valence-corrected chi connectivity index (χ1v) is 9.22. The summed E-state index contributed by atoms with van der Waals surface area (Å²) < 4.78 is 0. The Labute approximate surface area is 130 Å². The molecule has 1 unspecified atom stereocenters. The molecule has 0 amide bonds. The third kappa shape index (κ3) is 3.73. The summed E-state index contributed by atoms with van der Waals surface area (Å²) >= 11 is 7.54. The fourth-order valence-electron chi connectivity index (χ4n) is 3.40. The molecule has 3 nitrogen and oxygen atoms in total. The summed E-state index contributed by atoms with van der Waals surface area (Å²) in [4.78, 5) is 9.87. The molecule has 1 atom stereocenters. The van der Waals surface area contributed by atoms with Crippen LogP contribution >= 0.6 is 22.9 Å². The van der Waals surface area contributed by atoms with E-state index in [4.69, 9.17) is 11.6 Å². The standard InChI is InChI=1S/C15H24ClN3S/c16-10-13-12-20-15(17-13)5-1-2-6-18-8-9-19-7-3-4-14(19)11-18/h12,14H,1-11H2. The number of aryl methyl sites for hydroxylation is 1. The van der Waals surface area contributed by atoms with Crippen molar-refractivity contribution < 1.29 is 0 Å². The SMILES string of the molecule is ClCc1csc(CCCCN2CCN3CCCC3C2)n1. The zero-order valence-corrected chi connectivity index (χ0v) is 13.6. The maximum absolute atomic E-state index is 5.78. The fraction of sp³-hybridized carbons (Fsp3) is 0.800. The molecule has 2 fully saturated rings. The number of aromatic nitrogens is 1. The van der Waals surface area contributed by atoms with Gasteiger partial charge in [0.2, 0.25) is 0 Å². The molecule has 0 saturated carbocycles. The third-order valence-corrected chi connectivity index (χ3v) is 5.75. The van der Waals surface area contributed by atoms with Gasteiger partial charge >= 0.3 is 0 Å². The van der Waals surface area contributed by atoms with E-state index < -0.39 is 0 Å². The molecule has 0 aliphatic carbocycles. The Hall–Kier alpha value is -0.160. The first kappa shape index (κ1) is 14.8. The molecule has 20 heavy (non-hydrogen) atoms. The summed E-state index contributed by atoms with van der Waals surface area (Å²) in [6.07, 6.45) is 6.48. The number of nitrogens with zero attached hydrogens (tertiary/aromatic N) is 3. The zero-order valence-electron chi connectivity index (χ0n) is 12.1. The van der Waals surface area contributed by atoms with Gasteiger partial charge in [-0.05, 0) is 45.2 Å². The predicted octanol–water partition coefficient (Wildman–Crippen LogP) is 2.98. The first-order chi connectivity index (χ1) is 9.85. The molecule has 0 aromatic carbocycles. The number of alkyl halides is 1. The van der Waals surface area contributed by atoms with Crippen molar-refractivity contribution in [1.29, 1.82) is 0 Å². The number of rotatable bonds is 6. The number of thiazole rings is 1. The van der Waals surface area contributed by atoms with E-state index in [1.807, 2.05) is 0 Å². The molecule has 2 aliphatic heterocycles. The highest BCUT2D eigenvalue weighted by Gasteiger charge is 2.29. The molecular formula is C15H24ClN3S. The lowest BCUT2D eigenvalue weighted by molar-refractivity contribution is 0.103. The molecule has 1 aromatic heterocycles. The van der Waals surface area contributed by atoms with E-state index in [9.17, 15) is 0 Å². The van der Waals surface area contributed by atoms with Crippen LogP contribution in [-0.4, -0.2) is 53.5 Å². The van der Waals surface area contributed by atoms with Gasteiger partial charge in [0.05, 0.1) is 16.6 Å². The average Bonchev–Trinajstić information content (AvgIpc) is 3.11. The lowest BCUT2D eigenvalue weighted by Crippen LogP contribution is -2.50. The lowest BCUT2D eigenvalue weighted by atomic mass is 10.1. The van der Waals surface area contributed by atoms with Gasteiger partial charge in [-0.1, -0.05) is 0 Å². The Morgan fingerprint density at radius 3 is 3.10 bits per heavy atom. The Bertz CT molecular complexity index is 423.